The largest absolute Gasteiger partial charge is 0.393 e. The fourth-order valence-electron chi connectivity index (χ4n) is 1.05. The number of rotatable bonds is 6. The molecule has 0 fully saturated rings. The van der Waals surface area contributed by atoms with E-state index in [-0.39, 0.29) is 12.0 Å². The second-order valence-corrected chi connectivity index (χ2v) is 3.59. The van der Waals surface area contributed by atoms with Crippen LogP contribution >= 0.6 is 0 Å². The van der Waals surface area contributed by atoms with E-state index in [1.807, 2.05) is 6.92 Å². The summed E-state index contributed by atoms with van der Waals surface area (Å²) in [6, 6.07) is -0.978. The molecule has 0 aliphatic heterocycles. The Kier molecular flexibility index (Phi) is 7.49. The van der Waals surface area contributed by atoms with Crippen molar-refractivity contribution in [1.82, 2.24) is 16.0 Å². The van der Waals surface area contributed by atoms with Crippen molar-refractivity contribution in [2.24, 2.45) is 0 Å². The minimum atomic E-state index is -0.521. The zero-order chi connectivity index (χ0) is 12.6. The van der Waals surface area contributed by atoms with Gasteiger partial charge in [0.15, 0.2) is 0 Å². The number of aliphatic hydroxyl groups is 1. The summed E-state index contributed by atoms with van der Waals surface area (Å²) in [4.78, 5) is 22.2. The normalized spacial score (nSPS) is 14.0. The molecule has 0 saturated carbocycles. The lowest BCUT2D eigenvalue weighted by Crippen LogP contribution is -2.47. The van der Waals surface area contributed by atoms with Crippen LogP contribution in [-0.4, -0.2) is 42.8 Å². The van der Waals surface area contributed by atoms with Gasteiger partial charge in [-0.1, -0.05) is 6.92 Å². The van der Waals surface area contributed by atoms with Gasteiger partial charge in [-0.05, 0) is 26.3 Å². The number of nitrogens with one attached hydrogen (secondary N) is 3. The van der Waals surface area contributed by atoms with Gasteiger partial charge in [-0.3, -0.25) is 10.1 Å². The van der Waals surface area contributed by atoms with Gasteiger partial charge in [-0.2, -0.15) is 0 Å². The Morgan fingerprint density at radius 2 is 2.00 bits per heavy atom. The van der Waals surface area contributed by atoms with Gasteiger partial charge in [0.2, 0.25) is 5.91 Å². The predicted molar refractivity (Wildman–Crippen MR) is 61.0 cm³/mol. The van der Waals surface area contributed by atoms with Crippen molar-refractivity contribution in [1.29, 1.82) is 0 Å². The Hall–Kier alpha value is -1.14. The summed E-state index contributed by atoms with van der Waals surface area (Å²) in [6.07, 6.45) is 0.941. The number of amides is 3. The first-order valence-electron chi connectivity index (χ1n) is 5.45. The van der Waals surface area contributed by atoms with E-state index in [9.17, 15) is 14.7 Å². The maximum absolute atomic E-state index is 11.4. The monoisotopic (exact) mass is 231 g/mol. The molecule has 4 N–H and O–H groups in total. The Labute approximate surface area is 95.8 Å². The molecule has 2 unspecified atom stereocenters. The topological polar surface area (TPSA) is 90.5 Å². The second-order valence-electron chi connectivity index (χ2n) is 3.59. The van der Waals surface area contributed by atoms with Crippen molar-refractivity contribution in [3.05, 3.63) is 0 Å². The SMILES string of the molecule is CCC(O)CCNC(C)C(=O)NC(=O)NC. The number of hydrogen-bond acceptors (Lipinski definition) is 4. The van der Waals surface area contributed by atoms with Crippen LogP contribution in [-0.2, 0) is 4.79 Å². The third-order valence-corrected chi connectivity index (χ3v) is 2.26. The minimum Gasteiger partial charge on any atom is -0.393 e. The van der Waals surface area contributed by atoms with Gasteiger partial charge in [-0.25, -0.2) is 4.79 Å². The molecule has 2 atom stereocenters. The number of imide groups is 1. The third-order valence-electron chi connectivity index (χ3n) is 2.26. The summed E-state index contributed by atoms with van der Waals surface area (Å²) >= 11 is 0. The maximum Gasteiger partial charge on any atom is 0.321 e. The van der Waals surface area contributed by atoms with Crippen LogP contribution in [0, 0.1) is 0 Å². The summed E-state index contributed by atoms with van der Waals surface area (Å²) in [6.45, 7) is 4.10. The van der Waals surface area contributed by atoms with Crippen molar-refractivity contribution in [3.63, 3.8) is 0 Å². The Balaban J connectivity index is 3.75. The van der Waals surface area contributed by atoms with Crippen LogP contribution in [0.25, 0.3) is 0 Å². The number of urea groups is 1. The van der Waals surface area contributed by atoms with E-state index < -0.39 is 12.1 Å². The molecule has 0 heterocycles. The summed E-state index contributed by atoms with van der Waals surface area (Å²) in [5.74, 6) is -0.384. The first-order chi connectivity index (χ1) is 7.51. The van der Waals surface area contributed by atoms with Gasteiger partial charge in [0.05, 0.1) is 12.1 Å². The molecule has 0 aliphatic carbocycles. The van der Waals surface area contributed by atoms with Gasteiger partial charge in [0.1, 0.15) is 0 Å². The smallest absolute Gasteiger partial charge is 0.321 e. The lowest BCUT2D eigenvalue weighted by Gasteiger charge is -2.14. The molecule has 0 aromatic heterocycles. The average molecular weight is 231 g/mol. The van der Waals surface area contributed by atoms with Crippen molar-refractivity contribution in [2.75, 3.05) is 13.6 Å². The van der Waals surface area contributed by atoms with E-state index in [0.29, 0.717) is 19.4 Å². The van der Waals surface area contributed by atoms with Crippen LogP contribution < -0.4 is 16.0 Å². The first kappa shape index (κ1) is 14.9. The molecular formula is C10H21N3O3. The van der Waals surface area contributed by atoms with E-state index in [1.54, 1.807) is 6.92 Å². The molecule has 0 saturated heterocycles. The van der Waals surface area contributed by atoms with Gasteiger partial charge in [0.25, 0.3) is 0 Å². The molecule has 0 aliphatic rings. The predicted octanol–water partition coefficient (Wildman–Crippen LogP) is -0.419. The van der Waals surface area contributed by atoms with Gasteiger partial charge in [-0.15, -0.1) is 0 Å². The van der Waals surface area contributed by atoms with E-state index in [0.717, 1.165) is 0 Å². The molecule has 6 heteroatoms. The molecule has 16 heavy (non-hydrogen) atoms. The fraction of sp³-hybridized carbons (Fsp3) is 0.800. The fourth-order valence-corrected chi connectivity index (χ4v) is 1.05. The van der Waals surface area contributed by atoms with Gasteiger partial charge in [0, 0.05) is 7.05 Å². The highest BCUT2D eigenvalue weighted by molar-refractivity contribution is 5.96. The summed E-state index contributed by atoms with van der Waals surface area (Å²) < 4.78 is 0. The van der Waals surface area contributed by atoms with Gasteiger partial charge < -0.3 is 15.7 Å². The highest BCUT2D eigenvalue weighted by Crippen LogP contribution is 1.95. The number of carbonyl (C=O) groups excluding carboxylic acids is 2. The maximum atomic E-state index is 11.4. The molecule has 0 rings (SSSR count). The number of carbonyl (C=O) groups is 2. The molecule has 0 spiro atoms. The highest BCUT2D eigenvalue weighted by Gasteiger charge is 2.14. The van der Waals surface area contributed by atoms with Crippen LogP contribution in [0.5, 0.6) is 0 Å². The van der Waals surface area contributed by atoms with Crippen molar-refractivity contribution < 1.29 is 14.7 Å². The molecule has 3 amide bonds. The molecule has 6 nitrogen and oxygen atoms in total. The highest BCUT2D eigenvalue weighted by atomic mass is 16.3. The zero-order valence-electron chi connectivity index (χ0n) is 10.0. The van der Waals surface area contributed by atoms with Crippen LogP contribution in [0.1, 0.15) is 26.7 Å². The molecular weight excluding hydrogens is 210 g/mol. The lowest BCUT2D eigenvalue weighted by molar-refractivity contribution is -0.121. The molecule has 0 bridgehead atoms. The standard InChI is InChI=1S/C10H21N3O3/c1-4-8(14)5-6-12-7(2)9(15)13-10(16)11-3/h7-8,12,14H,4-6H2,1-3H3,(H2,11,13,15,16). The molecule has 94 valence electrons. The average Bonchev–Trinajstić information content (AvgIpc) is 2.28. The van der Waals surface area contributed by atoms with E-state index in [2.05, 4.69) is 16.0 Å². The van der Waals surface area contributed by atoms with Crippen molar-refractivity contribution in [2.45, 2.75) is 38.8 Å². The Morgan fingerprint density at radius 1 is 1.38 bits per heavy atom. The van der Waals surface area contributed by atoms with Crippen molar-refractivity contribution in [3.8, 4) is 0 Å². The van der Waals surface area contributed by atoms with Gasteiger partial charge >= 0.3 is 6.03 Å². The van der Waals surface area contributed by atoms with Crippen LogP contribution in [0.2, 0.25) is 0 Å². The lowest BCUT2D eigenvalue weighted by atomic mass is 10.2. The first-order valence-corrected chi connectivity index (χ1v) is 5.45. The Morgan fingerprint density at radius 3 is 2.50 bits per heavy atom. The summed E-state index contributed by atoms with van der Waals surface area (Å²) in [5, 5.41) is 16.7. The van der Waals surface area contributed by atoms with E-state index in [4.69, 9.17) is 0 Å². The zero-order valence-corrected chi connectivity index (χ0v) is 10.0. The van der Waals surface area contributed by atoms with E-state index >= 15 is 0 Å². The van der Waals surface area contributed by atoms with Crippen LogP contribution in [0.4, 0.5) is 4.79 Å². The van der Waals surface area contributed by atoms with Crippen molar-refractivity contribution >= 4 is 11.9 Å². The van der Waals surface area contributed by atoms with Crippen LogP contribution in [0.15, 0.2) is 0 Å². The minimum absolute atomic E-state index is 0.346. The Bertz CT molecular complexity index is 233. The van der Waals surface area contributed by atoms with E-state index in [1.165, 1.54) is 7.05 Å². The third kappa shape index (κ3) is 6.36. The summed E-state index contributed by atoms with van der Waals surface area (Å²) in [7, 11) is 1.44. The molecule has 0 aromatic carbocycles. The number of hydrogen-bond donors (Lipinski definition) is 4. The quantitative estimate of drug-likeness (QED) is 0.500. The molecule has 0 radical (unpaired) electrons. The summed E-state index contributed by atoms with van der Waals surface area (Å²) in [5.41, 5.74) is 0. The number of aliphatic hydroxyl groups excluding tert-OH is 1. The molecule has 0 aromatic rings. The second kappa shape index (κ2) is 8.06. The van der Waals surface area contributed by atoms with Crippen LogP contribution in [0.3, 0.4) is 0 Å².